The first-order valence-corrected chi connectivity index (χ1v) is 7.97. The lowest BCUT2D eigenvalue weighted by Crippen LogP contribution is -2.44. The maximum atomic E-state index is 12.6. The van der Waals surface area contributed by atoms with Gasteiger partial charge in [-0.2, -0.15) is 5.10 Å². The Bertz CT molecular complexity index is 603. The summed E-state index contributed by atoms with van der Waals surface area (Å²) in [6.45, 7) is 5.74. The Morgan fingerprint density at radius 2 is 2.40 bits per heavy atom. The fourth-order valence-corrected chi connectivity index (χ4v) is 3.51. The van der Waals surface area contributed by atoms with Crippen molar-refractivity contribution < 1.29 is 4.79 Å². The van der Waals surface area contributed by atoms with Crippen molar-refractivity contribution in [2.45, 2.75) is 39.3 Å². The molecule has 4 nitrogen and oxygen atoms in total. The van der Waals surface area contributed by atoms with Gasteiger partial charge in [-0.3, -0.25) is 9.48 Å². The Morgan fingerprint density at radius 1 is 1.55 bits per heavy atom. The minimum atomic E-state index is 0.120. The molecule has 20 heavy (non-hydrogen) atoms. The molecule has 0 aliphatic carbocycles. The number of amides is 1. The van der Waals surface area contributed by atoms with E-state index < -0.39 is 0 Å². The third kappa shape index (κ3) is 2.26. The highest BCUT2D eigenvalue weighted by Gasteiger charge is 2.35. The highest BCUT2D eigenvalue weighted by molar-refractivity contribution is 7.10. The zero-order valence-corrected chi connectivity index (χ0v) is 12.7. The number of carbonyl (C=O) groups excluding carboxylic acids is 1. The molecule has 1 aliphatic heterocycles. The Hall–Kier alpha value is -1.62. The summed E-state index contributed by atoms with van der Waals surface area (Å²) in [6, 6.07) is 4.42. The Balaban J connectivity index is 1.79. The molecule has 1 saturated heterocycles. The molecule has 0 bridgehead atoms. The zero-order valence-electron chi connectivity index (χ0n) is 11.9. The minimum Gasteiger partial charge on any atom is -0.331 e. The molecule has 1 amide bonds. The molecule has 1 atom stereocenters. The van der Waals surface area contributed by atoms with Crippen molar-refractivity contribution in [1.82, 2.24) is 14.7 Å². The first-order valence-electron chi connectivity index (χ1n) is 7.09. The molecule has 0 saturated carbocycles. The fourth-order valence-electron chi connectivity index (χ4n) is 2.63. The van der Waals surface area contributed by atoms with Crippen LogP contribution >= 0.6 is 11.3 Å². The van der Waals surface area contributed by atoms with Crippen LogP contribution in [0.4, 0.5) is 0 Å². The number of rotatable bonds is 4. The summed E-state index contributed by atoms with van der Waals surface area (Å²) in [5.41, 5.74) is 1.58. The van der Waals surface area contributed by atoms with Gasteiger partial charge in [0.25, 0.3) is 5.91 Å². The van der Waals surface area contributed by atoms with E-state index in [1.807, 2.05) is 28.8 Å². The average molecular weight is 289 g/mol. The van der Waals surface area contributed by atoms with Crippen molar-refractivity contribution in [3.8, 4) is 0 Å². The Morgan fingerprint density at radius 3 is 3.00 bits per heavy atom. The van der Waals surface area contributed by atoms with Crippen molar-refractivity contribution in [3.05, 3.63) is 39.8 Å². The quantitative estimate of drug-likeness (QED) is 0.866. The first-order chi connectivity index (χ1) is 9.70. The van der Waals surface area contributed by atoms with E-state index >= 15 is 0 Å². The van der Waals surface area contributed by atoms with Gasteiger partial charge in [0.15, 0.2) is 0 Å². The van der Waals surface area contributed by atoms with Crippen LogP contribution in [0.3, 0.4) is 0 Å². The number of nitrogens with zero attached hydrogens (tertiary/aromatic N) is 3. The topological polar surface area (TPSA) is 38.1 Å². The van der Waals surface area contributed by atoms with Crippen LogP contribution in [0.1, 0.15) is 46.7 Å². The first kappa shape index (κ1) is 13.4. The van der Waals surface area contributed by atoms with Crippen LogP contribution in [-0.2, 0) is 6.54 Å². The Labute approximate surface area is 123 Å². The van der Waals surface area contributed by atoms with Crippen molar-refractivity contribution >= 4 is 17.2 Å². The predicted octanol–water partition coefficient (Wildman–Crippen LogP) is 3.25. The second kappa shape index (κ2) is 5.40. The van der Waals surface area contributed by atoms with Gasteiger partial charge in [-0.15, -0.1) is 11.3 Å². The van der Waals surface area contributed by atoms with Gasteiger partial charge in [0.2, 0.25) is 0 Å². The Kier molecular flexibility index (Phi) is 3.61. The molecule has 0 radical (unpaired) electrons. The summed E-state index contributed by atoms with van der Waals surface area (Å²) in [4.78, 5) is 15.9. The van der Waals surface area contributed by atoms with E-state index in [9.17, 15) is 4.79 Å². The molecule has 0 spiro atoms. The SMILES string of the molecule is CCCn1cc(C(=O)N2CCC2c2cccs2)c(C)n1. The molecular formula is C15H19N3OS. The van der Waals surface area contributed by atoms with E-state index in [2.05, 4.69) is 23.5 Å². The molecule has 3 heterocycles. The minimum absolute atomic E-state index is 0.120. The molecule has 2 aromatic rings. The lowest BCUT2D eigenvalue weighted by molar-refractivity contribution is 0.0467. The average Bonchev–Trinajstić information content (AvgIpc) is 2.98. The van der Waals surface area contributed by atoms with Gasteiger partial charge < -0.3 is 4.90 Å². The largest absolute Gasteiger partial charge is 0.331 e. The second-order valence-corrected chi connectivity index (χ2v) is 6.19. The van der Waals surface area contributed by atoms with E-state index in [4.69, 9.17) is 0 Å². The summed E-state index contributed by atoms with van der Waals surface area (Å²) < 4.78 is 1.88. The number of hydrogen-bond donors (Lipinski definition) is 0. The van der Waals surface area contributed by atoms with Crippen molar-refractivity contribution in [3.63, 3.8) is 0 Å². The van der Waals surface area contributed by atoms with Gasteiger partial charge in [-0.05, 0) is 31.2 Å². The van der Waals surface area contributed by atoms with E-state index in [0.29, 0.717) is 0 Å². The molecule has 0 N–H and O–H groups in total. The van der Waals surface area contributed by atoms with Gasteiger partial charge in [0.1, 0.15) is 0 Å². The van der Waals surface area contributed by atoms with Crippen LogP contribution < -0.4 is 0 Å². The normalized spacial score (nSPS) is 18.1. The molecule has 3 rings (SSSR count). The second-order valence-electron chi connectivity index (χ2n) is 5.21. The van der Waals surface area contributed by atoms with Gasteiger partial charge in [-0.25, -0.2) is 0 Å². The highest BCUT2D eigenvalue weighted by atomic mass is 32.1. The maximum absolute atomic E-state index is 12.6. The van der Waals surface area contributed by atoms with Crippen LogP contribution in [0.25, 0.3) is 0 Å². The van der Waals surface area contributed by atoms with Gasteiger partial charge >= 0.3 is 0 Å². The summed E-state index contributed by atoms with van der Waals surface area (Å²) in [5, 5.41) is 6.49. The summed E-state index contributed by atoms with van der Waals surface area (Å²) in [5.74, 6) is 0.120. The van der Waals surface area contributed by atoms with Crippen LogP contribution in [-0.4, -0.2) is 27.1 Å². The zero-order chi connectivity index (χ0) is 14.1. The summed E-state index contributed by atoms with van der Waals surface area (Å²) >= 11 is 1.73. The summed E-state index contributed by atoms with van der Waals surface area (Å²) in [7, 11) is 0. The predicted molar refractivity (Wildman–Crippen MR) is 80.0 cm³/mol. The van der Waals surface area contributed by atoms with Crippen LogP contribution in [0, 0.1) is 6.92 Å². The molecule has 106 valence electrons. The number of hydrogen-bond acceptors (Lipinski definition) is 3. The lowest BCUT2D eigenvalue weighted by Gasteiger charge is -2.40. The summed E-state index contributed by atoms with van der Waals surface area (Å²) in [6.07, 6.45) is 3.98. The number of aromatic nitrogens is 2. The van der Waals surface area contributed by atoms with Crippen LogP contribution in [0.5, 0.6) is 0 Å². The van der Waals surface area contributed by atoms with Gasteiger partial charge in [0, 0.05) is 24.2 Å². The van der Waals surface area contributed by atoms with Crippen molar-refractivity contribution in [1.29, 1.82) is 0 Å². The third-order valence-electron chi connectivity index (χ3n) is 3.78. The molecule has 5 heteroatoms. The highest BCUT2D eigenvalue weighted by Crippen LogP contribution is 2.36. The van der Waals surface area contributed by atoms with Crippen molar-refractivity contribution in [2.24, 2.45) is 0 Å². The van der Waals surface area contributed by atoms with Crippen LogP contribution in [0.2, 0.25) is 0 Å². The molecule has 1 aliphatic rings. The van der Waals surface area contributed by atoms with E-state index in [-0.39, 0.29) is 11.9 Å². The smallest absolute Gasteiger partial charge is 0.257 e. The van der Waals surface area contributed by atoms with Gasteiger partial charge in [-0.1, -0.05) is 13.0 Å². The number of aryl methyl sites for hydroxylation is 2. The standard InChI is InChI=1S/C15H19N3OS/c1-3-7-17-10-12(11(2)16-17)15(19)18-8-6-13(18)14-5-4-9-20-14/h4-5,9-10,13H,3,6-8H2,1-2H3. The molecular weight excluding hydrogens is 270 g/mol. The van der Waals surface area contributed by atoms with Crippen molar-refractivity contribution in [2.75, 3.05) is 6.54 Å². The number of likely N-dealkylation sites (tertiary alicyclic amines) is 1. The fraction of sp³-hybridized carbons (Fsp3) is 0.467. The van der Waals surface area contributed by atoms with E-state index in [1.165, 1.54) is 4.88 Å². The van der Waals surface area contributed by atoms with E-state index in [1.54, 1.807) is 11.3 Å². The van der Waals surface area contributed by atoms with E-state index in [0.717, 1.165) is 37.2 Å². The molecule has 1 unspecified atom stereocenters. The monoisotopic (exact) mass is 289 g/mol. The number of thiophene rings is 1. The lowest BCUT2D eigenvalue weighted by atomic mass is 10.00. The number of carbonyl (C=O) groups is 1. The molecule has 1 fully saturated rings. The molecule has 0 aromatic carbocycles. The molecule has 2 aromatic heterocycles. The van der Waals surface area contributed by atoms with Gasteiger partial charge in [0.05, 0.1) is 17.3 Å². The third-order valence-corrected chi connectivity index (χ3v) is 4.76. The van der Waals surface area contributed by atoms with Crippen LogP contribution in [0.15, 0.2) is 23.7 Å². The maximum Gasteiger partial charge on any atom is 0.257 e.